The smallest absolute Gasteiger partial charge is 0.0431 e. The van der Waals surface area contributed by atoms with Crippen molar-refractivity contribution in [3.63, 3.8) is 0 Å². The Hall–Kier alpha value is -0.0400. The van der Waals surface area contributed by atoms with Crippen molar-refractivity contribution >= 4 is 0 Å². The predicted molar refractivity (Wildman–Crippen MR) is 77.3 cm³/mol. The minimum Gasteiger partial charge on any atom is -0.396 e. The lowest BCUT2D eigenvalue weighted by molar-refractivity contribution is 0.273. The van der Waals surface area contributed by atoms with E-state index in [2.05, 4.69) is 13.8 Å². The van der Waals surface area contributed by atoms with Crippen LogP contribution >= 0.6 is 0 Å². The van der Waals surface area contributed by atoms with Gasteiger partial charge < -0.3 is 5.11 Å². The molecule has 0 aliphatic carbocycles. The first kappa shape index (κ1) is 17.0. The summed E-state index contributed by atoms with van der Waals surface area (Å²) in [6, 6.07) is 0. The highest BCUT2D eigenvalue weighted by Gasteiger charge is 2.07. The van der Waals surface area contributed by atoms with E-state index in [0.29, 0.717) is 6.61 Å². The third-order valence-corrected chi connectivity index (χ3v) is 3.70. The molecule has 1 N–H and O–H groups in total. The molecule has 1 heteroatoms. The van der Waals surface area contributed by atoms with Gasteiger partial charge in [0.15, 0.2) is 0 Å². The van der Waals surface area contributed by atoms with Crippen LogP contribution in [0.25, 0.3) is 0 Å². The lowest BCUT2D eigenvalue weighted by Gasteiger charge is -2.16. The van der Waals surface area contributed by atoms with Gasteiger partial charge in [0.2, 0.25) is 0 Å². The van der Waals surface area contributed by atoms with Gasteiger partial charge >= 0.3 is 0 Å². The Morgan fingerprint density at radius 2 is 1.18 bits per heavy atom. The summed E-state index contributed by atoms with van der Waals surface area (Å²) in [5, 5.41) is 8.83. The number of aliphatic hydroxyl groups is 1. The molecule has 104 valence electrons. The number of hydrogen-bond donors (Lipinski definition) is 1. The van der Waals surface area contributed by atoms with E-state index in [1.807, 2.05) is 0 Å². The zero-order valence-corrected chi connectivity index (χ0v) is 12.2. The van der Waals surface area contributed by atoms with E-state index < -0.39 is 0 Å². The first-order chi connectivity index (χ1) is 8.35. The molecule has 1 unspecified atom stereocenters. The Bertz CT molecular complexity index is 133. The summed E-state index contributed by atoms with van der Waals surface area (Å²) in [4.78, 5) is 0. The molecule has 0 heterocycles. The molecule has 0 fully saturated rings. The van der Waals surface area contributed by atoms with Crippen LogP contribution < -0.4 is 0 Å². The SMILES string of the molecule is CCCCCCCC(CCCC)CCCCO. The van der Waals surface area contributed by atoms with Gasteiger partial charge in [-0.25, -0.2) is 0 Å². The highest BCUT2D eigenvalue weighted by atomic mass is 16.2. The van der Waals surface area contributed by atoms with Crippen LogP contribution in [-0.4, -0.2) is 11.7 Å². The normalized spacial score (nSPS) is 12.9. The minimum absolute atomic E-state index is 0.372. The van der Waals surface area contributed by atoms with Gasteiger partial charge in [-0.15, -0.1) is 0 Å². The van der Waals surface area contributed by atoms with E-state index >= 15 is 0 Å². The second kappa shape index (κ2) is 14.0. The van der Waals surface area contributed by atoms with Crippen molar-refractivity contribution in [1.29, 1.82) is 0 Å². The molecule has 0 radical (unpaired) electrons. The molecule has 0 aliphatic rings. The molecular weight excluding hydrogens is 208 g/mol. The fourth-order valence-corrected chi connectivity index (χ4v) is 2.51. The van der Waals surface area contributed by atoms with Crippen molar-refractivity contribution in [3.8, 4) is 0 Å². The van der Waals surface area contributed by atoms with Crippen molar-refractivity contribution < 1.29 is 5.11 Å². The van der Waals surface area contributed by atoms with Crippen LogP contribution in [0.15, 0.2) is 0 Å². The fourth-order valence-electron chi connectivity index (χ4n) is 2.51. The maximum absolute atomic E-state index is 8.83. The van der Waals surface area contributed by atoms with E-state index in [-0.39, 0.29) is 0 Å². The quantitative estimate of drug-likeness (QED) is 0.434. The topological polar surface area (TPSA) is 20.2 Å². The molecule has 0 saturated heterocycles. The molecule has 0 spiro atoms. The second-order valence-electron chi connectivity index (χ2n) is 5.43. The van der Waals surface area contributed by atoms with Gasteiger partial charge in [-0.3, -0.25) is 0 Å². The third-order valence-electron chi connectivity index (χ3n) is 3.70. The Balaban J connectivity index is 3.53. The molecule has 0 aromatic heterocycles. The third kappa shape index (κ3) is 12.2. The summed E-state index contributed by atoms with van der Waals surface area (Å²) in [6.45, 7) is 4.93. The Labute approximate surface area is 109 Å². The number of hydrogen-bond acceptors (Lipinski definition) is 1. The van der Waals surface area contributed by atoms with Crippen LogP contribution in [-0.2, 0) is 0 Å². The Morgan fingerprint density at radius 3 is 1.76 bits per heavy atom. The van der Waals surface area contributed by atoms with Gasteiger partial charge in [-0.2, -0.15) is 0 Å². The van der Waals surface area contributed by atoms with Crippen LogP contribution in [0.5, 0.6) is 0 Å². The zero-order chi connectivity index (χ0) is 12.8. The lowest BCUT2D eigenvalue weighted by atomic mass is 9.90. The molecule has 0 aromatic rings. The van der Waals surface area contributed by atoms with Crippen molar-refractivity contribution in [2.75, 3.05) is 6.61 Å². The van der Waals surface area contributed by atoms with E-state index in [9.17, 15) is 0 Å². The van der Waals surface area contributed by atoms with Gasteiger partial charge in [-0.1, -0.05) is 84.5 Å². The number of unbranched alkanes of at least 4 members (excludes halogenated alkanes) is 6. The largest absolute Gasteiger partial charge is 0.396 e. The van der Waals surface area contributed by atoms with Gasteiger partial charge in [0, 0.05) is 6.61 Å². The van der Waals surface area contributed by atoms with Gasteiger partial charge in [-0.05, 0) is 12.3 Å². The zero-order valence-electron chi connectivity index (χ0n) is 12.2. The molecule has 1 nitrogen and oxygen atoms in total. The van der Waals surface area contributed by atoms with Crippen LogP contribution in [0, 0.1) is 5.92 Å². The molecular formula is C16H34O. The minimum atomic E-state index is 0.372. The molecule has 1 atom stereocenters. The van der Waals surface area contributed by atoms with Crippen molar-refractivity contribution in [1.82, 2.24) is 0 Å². The van der Waals surface area contributed by atoms with Crippen LogP contribution in [0.1, 0.15) is 90.9 Å². The van der Waals surface area contributed by atoms with Crippen LogP contribution in [0.3, 0.4) is 0 Å². The summed E-state index contributed by atoms with van der Waals surface area (Å²) in [5.41, 5.74) is 0. The number of rotatable bonds is 13. The summed E-state index contributed by atoms with van der Waals surface area (Å²) in [5.74, 6) is 0.933. The molecule has 0 saturated carbocycles. The molecule has 0 aromatic carbocycles. The lowest BCUT2D eigenvalue weighted by Crippen LogP contribution is -2.01. The van der Waals surface area contributed by atoms with Crippen molar-refractivity contribution in [3.05, 3.63) is 0 Å². The monoisotopic (exact) mass is 242 g/mol. The van der Waals surface area contributed by atoms with Crippen LogP contribution in [0.4, 0.5) is 0 Å². The van der Waals surface area contributed by atoms with Gasteiger partial charge in [0.25, 0.3) is 0 Å². The standard InChI is InChI=1S/C16H34O/c1-3-5-7-8-9-13-16(12-6-4-2)14-10-11-15-17/h16-17H,3-15H2,1-2H3. The van der Waals surface area contributed by atoms with Crippen molar-refractivity contribution in [2.24, 2.45) is 5.92 Å². The second-order valence-corrected chi connectivity index (χ2v) is 5.43. The number of aliphatic hydroxyl groups excluding tert-OH is 1. The summed E-state index contributed by atoms with van der Waals surface area (Å²) >= 11 is 0. The summed E-state index contributed by atoms with van der Waals surface area (Å²) < 4.78 is 0. The molecule has 17 heavy (non-hydrogen) atoms. The van der Waals surface area contributed by atoms with Crippen molar-refractivity contribution in [2.45, 2.75) is 90.9 Å². The average Bonchev–Trinajstić information content (AvgIpc) is 2.35. The molecule has 0 aliphatic heterocycles. The van der Waals surface area contributed by atoms with E-state index in [1.165, 1.54) is 70.6 Å². The molecule has 0 rings (SSSR count). The predicted octanol–water partition coefficient (Wildman–Crippen LogP) is 5.32. The maximum atomic E-state index is 8.83. The maximum Gasteiger partial charge on any atom is 0.0431 e. The molecule has 0 bridgehead atoms. The van der Waals surface area contributed by atoms with E-state index in [4.69, 9.17) is 5.11 Å². The highest BCUT2D eigenvalue weighted by Crippen LogP contribution is 2.22. The first-order valence-electron chi connectivity index (χ1n) is 7.96. The Kier molecular flexibility index (Phi) is 14.0. The van der Waals surface area contributed by atoms with E-state index in [1.54, 1.807) is 0 Å². The average molecular weight is 242 g/mol. The first-order valence-corrected chi connectivity index (χ1v) is 7.96. The summed E-state index contributed by atoms with van der Waals surface area (Å²) in [6.07, 6.45) is 16.1. The fraction of sp³-hybridized carbons (Fsp3) is 1.00. The summed E-state index contributed by atoms with van der Waals surface area (Å²) in [7, 11) is 0. The highest BCUT2D eigenvalue weighted by molar-refractivity contribution is 4.60. The Morgan fingerprint density at radius 1 is 0.647 bits per heavy atom. The van der Waals surface area contributed by atoms with Gasteiger partial charge in [0.05, 0.1) is 0 Å². The van der Waals surface area contributed by atoms with E-state index in [0.717, 1.165) is 12.3 Å². The molecule has 0 amide bonds. The van der Waals surface area contributed by atoms with Gasteiger partial charge in [0.1, 0.15) is 0 Å². The van der Waals surface area contributed by atoms with Crippen LogP contribution in [0.2, 0.25) is 0 Å².